The Bertz CT molecular complexity index is 536. The summed E-state index contributed by atoms with van der Waals surface area (Å²) >= 11 is 0. The highest BCUT2D eigenvalue weighted by atomic mass is 19.1. The number of carboxylic acid groups (broad SMARTS) is 1. The summed E-state index contributed by atoms with van der Waals surface area (Å²) in [6, 6.07) is 3.40. The van der Waals surface area contributed by atoms with Crippen molar-refractivity contribution in [1.29, 1.82) is 0 Å². The number of carboxylic acids is 1. The van der Waals surface area contributed by atoms with Gasteiger partial charge in [-0.1, -0.05) is 6.42 Å². The number of anilines is 1. The number of aromatic carboxylic acids is 1. The van der Waals surface area contributed by atoms with Crippen molar-refractivity contribution >= 4 is 17.6 Å². The number of nitrogens with two attached hydrogens (primary N) is 1. The Balaban J connectivity index is 2.02. The van der Waals surface area contributed by atoms with Gasteiger partial charge < -0.3 is 16.2 Å². The molecule has 0 unspecified atom stereocenters. The molecule has 20 heavy (non-hydrogen) atoms. The average molecular weight is 280 g/mol. The van der Waals surface area contributed by atoms with E-state index in [2.05, 4.69) is 5.32 Å². The molecule has 108 valence electrons. The molecule has 2 rings (SSSR count). The number of amides is 1. The maximum absolute atomic E-state index is 13.7. The van der Waals surface area contributed by atoms with E-state index in [4.69, 9.17) is 10.8 Å². The summed E-state index contributed by atoms with van der Waals surface area (Å²) in [5.74, 6) is -2.26. The van der Waals surface area contributed by atoms with E-state index >= 15 is 0 Å². The van der Waals surface area contributed by atoms with Crippen molar-refractivity contribution in [2.75, 3.05) is 11.9 Å². The highest BCUT2D eigenvalue weighted by Crippen LogP contribution is 2.43. The van der Waals surface area contributed by atoms with Gasteiger partial charge in [0.05, 0.1) is 11.3 Å². The van der Waals surface area contributed by atoms with Crippen LogP contribution >= 0.6 is 0 Å². The first-order valence-corrected chi connectivity index (χ1v) is 6.48. The molecule has 1 aliphatic carbocycles. The largest absolute Gasteiger partial charge is 0.478 e. The third kappa shape index (κ3) is 2.96. The van der Waals surface area contributed by atoms with E-state index in [0.717, 1.165) is 25.3 Å². The van der Waals surface area contributed by atoms with Crippen LogP contribution in [-0.4, -0.2) is 23.5 Å². The van der Waals surface area contributed by atoms with Gasteiger partial charge in [0.25, 0.3) is 0 Å². The number of rotatable bonds is 5. The quantitative estimate of drug-likeness (QED) is 0.769. The van der Waals surface area contributed by atoms with Crippen molar-refractivity contribution in [2.24, 2.45) is 11.1 Å². The van der Waals surface area contributed by atoms with Crippen LogP contribution in [0, 0.1) is 11.2 Å². The fourth-order valence-electron chi connectivity index (χ4n) is 2.41. The molecule has 1 aliphatic rings. The van der Waals surface area contributed by atoms with Gasteiger partial charge in [0.2, 0.25) is 5.91 Å². The standard InChI is InChI=1S/C14H17FN2O3/c15-10-6-9(13(19)20)2-3-11(10)17-12(18)7-14(8-16)4-1-5-14/h2-3,6H,1,4-5,7-8,16H2,(H,17,18)(H,19,20). The molecule has 1 aromatic carbocycles. The highest BCUT2D eigenvalue weighted by Gasteiger charge is 2.37. The molecular formula is C14H17FN2O3. The second-order valence-electron chi connectivity index (χ2n) is 5.28. The minimum atomic E-state index is -1.21. The van der Waals surface area contributed by atoms with E-state index < -0.39 is 11.8 Å². The van der Waals surface area contributed by atoms with E-state index in [0.29, 0.717) is 6.54 Å². The number of halogens is 1. The van der Waals surface area contributed by atoms with Crippen LogP contribution in [0.1, 0.15) is 36.0 Å². The Hall–Kier alpha value is -1.95. The molecule has 0 aliphatic heterocycles. The number of carbonyl (C=O) groups is 2. The van der Waals surface area contributed by atoms with Crippen LogP contribution in [0.25, 0.3) is 0 Å². The zero-order valence-electron chi connectivity index (χ0n) is 11.0. The van der Waals surface area contributed by atoms with E-state index in [1.54, 1.807) is 0 Å². The zero-order valence-corrected chi connectivity index (χ0v) is 11.0. The van der Waals surface area contributed by atoms with Crippen molar-refractivity contribution in [1.82, 2.24) is 0 Å². The Morgan fingerprint density at radius 1 is 1.40 bits per heavy atom. The first kappa shape index (κ1) is 14.5. The molecule has 0 heterocycles. The second-order valence-corrected chi connectivity index (χ2v) is 5.28. The number of benzene rings is 1. The summed E-state index contributed by atoms with van der Waals surface area (Å²) in [4.78, 5) is 22.6. The van der Waals surface area contributed by atoms with Crippen LogP contribution in [0.15, 0.2) is 18.2 Å². The number of nitrogens with one attached hydrogen (secondary N) is 1. The summed E-state index contributed by atoms with van der Waals surface area (Å²) in [6.07, 6.45) is 3.16. The molecular weight excluding hydrogens is 263 g/mol. The first-order chi connectivity index (χ1) is 9.46. The van der Waals surface area contributed by atoms with Crippen molar-refractivity contribution in [3.8, 4) is 0 Å². The van der Waals surface area contributed by atoms with Gasteiger partial charge in [-0.2, -0.15) is 0 Å². The molecule has 4 N–H and O–H groups in total. The maximum Gasteiger partial charge on any atom is 0.335 e. The first-order valence-electron chi connectivity index (χ1n) is 6.48. The van der Waals surface area contributed by atoms with E-state index in [1.807, 2.05) is 0 Å². The van der Waals surface area contributed by atoms with Gasteiger partial charge in [0, 0.05) is 6.42 Å². The Morgan fingerprint density at radius 2 is 2.10 bits per heavy atom. The van der Waals surface area contributed by atoms with Crippen molar-refractivity contribution in [3.63, 3.8) is 0 Å². The predicted octanol–water partition coefficient (Wildman–Crippen LogP) is 1.98. The van der Waals surface area contributed by atoms with Gasteiger partial charge in [-0.25, -0.2) is 9.18 Å². The smallest absolute Gasteiger partial charge is 0.335 e. The van der Waals surface area contributed by atoms with E-state index in [9.17, 15) is 14.0 Å². The minimum Gasteiger partial charge on any atom is -0.478 e. The Kier molecular flexibility index (Phi) is 4.04. The number of carbonyl (C=O) groups excluding carboxylic acids is 1. The maximum atomic E-state index is 13.7. The molecule has 1 fully saturated rings. The highest BCUT2D eigenvalue weighted by molar-refractivity contribution is 5.93. The van der Waals surface area contributed by atoms with Crippen LogP contribution in [0.5, 0.6) is 0 Å². The van der Waals surface area contributed by atoms with Gasteiger partial charge >= 0.3 is 5.97 Å². The van der Waals surface area contributed by atoms with Crippen LogP contribution in [0.3, 0.4) is 0 Å². The molecule has 1 saturated carbocycles. The SMILES string of the molecule is NCC1(CC(=O)Nc2ccc(C(=O)O)cc2F)CCC1. The lowest BCUT2D eigenvalue weighted by molar-refractivity contribution is -0.119. The van der Waals surface area contributed by atoms with Crippen molar-refractivity contribution < 1.29 is 19.1 Å². The fourth-order valence-corrected chi connectivity index (χ4v) is 2.41. The third-order valence-corrected chi connectivity index (χ3v) is 3.87. The second kappa shape index (κ2) is 5.58. The lowest BCUT2D eigenvalue weighted by Crippen LogP contribution is -2.40. The Labute approximate surface area is 116 Å². The lowest BCUT2D eigenvalue weighted by Gasteiger charge is -2.40. The van der Waals surface area contributed by atoms with Crippen LogP contribution in [-0.2, 0) is 4.79 Å². The summed E-state index contributed by atoms with van der Waals surface area (Å²) in [6.45, 7) is 0.445. The predicted molar refractivity (Wildman–Crippen MR) is 71.9 cm³/mol. The van der Waals surface area contributed by atoms with E-state index in [-0.39, 0.29) is 29.0 Å². The van der Waals surface area contributed by atoms with Crippen molar-refractivity contribution in [3.05, 3.63) is 29.6 Å². The molecule has 1 amide bonds. The fraction of sp³-hybridized carbons (Fsp3) is 0.429. The molecule has 1 aromatic rings. The molecule has 0 radical (unpaired) electrons. The van der Waals surface area contributed by atoms with Gasteiger partial charge in [0.1, 0.15) is 5.82 Å². The van der Waals surface area contributed by atoms with Crippen molar-refractivity contribution in [2.45, 2.75) is 25.7 Å². The van der Waals surface area contributed by atoms with Crippen LogP contribution in [0.2, 0.25) is 0 Å². The normalized spacial score (nSPS) is 16.3. The van der Waals surface area contributed by atoms with E-state index in [1.165, 1.54) is 12.1 Å². The van der Waals surface area contributed by atoms with Gasteiger partial charge in [0.15, 0.2) is 0 Å². The molecule has 0 aromatic heterocycles. The average Bonchev–Trinajstić information content (AvgIpc) is 2.36. The Morgan fingerprint density at radius 3 is 2.55 bits per heavy atom. The number of hydrogen-bond acceptors (Lipinski definition) is 3. The summed E-state index contributed by atoms with van der Waals surface area (Å²) < 4.78 is 13.7. The minimum absolute atomic E-state index is 0.00788. The lowest BCUT2D eigenvalue weighted by atomic mass is 9.66. The molecule has 0 spiro atoms. The molecule has 0 bridgehead atoms. The molecule has 5 nitrogen and oxygen atoms in total. The van der Waals surface area contributed by atoms with Crippen LogP contribution in [0.4, 0.5) is 10.1 Å². The summed E-state index contributed by atoms with van der Waals surface area (Å²) in [7, 11) is 0. The molecule has 0 atom stereocenters. The van der Waals surface area contributed by atoms with Crippen LogP contribution < -0.4 is 11.1 Å². The molecule has 0 saturated heterocycles. The third-order valence-electron chi connectivity index (χ3n) is 3.87. The topological polar surface area (TPSA) is 92.4 Å². The van der Waals surface area contributed by atoms with Gasteiger partial charge in [-0.3, -0.25) is 4.79 Å². The zero-order chi connectivity index (χ0) is 14.8. The molecule has 6 heteroatoms. The van der Waals surface area contributed by atoms with Gasteiger partial charge in [-0.05, 0) is 43.0 Å². The summed E-state index contributed by atoms with van der Waals surface area (Å²) in [5.41, 5.74) is 5.36. The number of hydrogen-bond donors (Lipinski definition) is 3. The van der Waals surface area contributed by atoms with Gasteiger partial charge in [-0.15, -0.1) is 0 Å². The summed E-state index contributed by atoms with van der Waals surface area (Å²) in [5, 5.41) is 11.2. The monoisotopic (exact) mass is 280 g/mol.